The molecule has 2 aromatic rings. The van der Waals surface area contributed by atoms with Crippen molar-refractivity contribution in [3.05, 3.63) is 70.3 Å². The summed E-state index contributed by atoms with van der Waals surface area (Å²) < 4.78 is 0. The van der Waals surface area contributed by atoms with Crippen molar-refractivity contribution in [1.82, 2.24) is 0 Å². The number of hydrogen-bond donors (Lipinski definition) is 0. The third-order valence-corrected chi connectivity index (χ3v) is 3.10. The zero-order chi connectivity index (χ0) is 13.7. The van der Waals surface area contributed by atoms with Crippen LogP contribution < -0.4 is 4.90 Å². The molecule has 0 saturated heterocycles. The molecule has 0 aliphatic rings. The second-order valence-corrected chi connectivity index (χ2v) is 4.39. The molecule has 106 valence electrons. The third kappa shape index (κ3) is 3.96. The number of nitro benzene ring substituents is 1. The molecule has 0 heterocycles. The number of likely N-dealkylation sites (N-methyl/N-ethyl adjacent to an activating group) is 1. The van der Waals surface area contributed by atoms with Crippen LogP contribution in [-0.4, -0.2) is 18.5 Å². The van der Waals surface area contributed by atoms with Gasteiger partial charge in [0.25, 0.3) is 5.69 Å². The van der Waals surface area contributed by atoms with Crippen molar-refractivity contribution in [2.75, 3.05) is 18.5 Å². The highest BCUT2D eigenvalue weighted by molar-refractivity contribution is 5.85. The number of anilines is 1. The summed E-state index contributed by atoms with van der Waals surface area (Å²) in [6, 6.07) is 16.9. The van der Waals surface area contributed by atoms with Crippen molar-refractivity contribution in [3.63, 3.8) is 0 Å². The minimum absolute atomic E-state index is 0. The van der Waals surface area contributed by atoms with Crippen molar-refractivity contribution in [2.45, 2.75) is 6.42 Å². The number of rotatable bonds is 5. The summed E-state index contributed by atoms with van der Waals surface area (Å²) in [5.74, 6) is 0. The third-order valence-electron chi connectivity index (χ3n) is 3.10. The molecule has 0 saturated carbocycles. The molecule has 0 N–H and O–H groups in total. The SMILES string of the molecule is CN(CCc1ccccc1[N+](=O)[O-])c1ccccc1.Cl. The van der Waals surface area contributed by atoms with Gasteiger partial charge < -0.3 is 4.90 Å². The fraction of sp³-hybridized carbons (Fsp3) is 0.200. The predicted molar refractivity (Wildman–Crippen MR) is 83.8 cm³/mol. The van der Waals surface area contributed by atoms with E-state index in [0.717, 1.165) is 17.8 Å². The number of nitrogens with zero attached hydrogens (tertiary/aromatic N) is 2. The van der Waals surface area contributed by atoms with Gasteiger partial charge in [0.2, 0.25) is 0 Å². The molecular weight excluding hydrogens is 276 g/mol. The van der Waals surface area contributed by atoms with Crippen LogP contribution in [0, 0.1) is 10.1 Å². The fourth-order valence-corrected chi connectivity index (χ4v) is 2.00. The van der Waals surface area contributed by atoms with Gasteiger partial charge in [0.15, 0.2) is 0 Å². The maximum Gasteiger partial charge on any atom is 0.272 e. The number of halogens is 1. The molecule has 0 unspecified atom stereocenters. The van der Waals surface area contributed by atoms with Crippen LogP contribution in [0.3, 0.4) is 0 Å². The molecule has 4 nitrogen and oxygen atoms in total. The Bertz CT molecular complexity index is 561. The molecule has 0 bridgehead atoms. The van der Waals surface area contributed by atoms with E-state index in [1.165, 1.54) is 0 Å². The lowest BCUT2D eigenvalue weighted by molar-refractivity contribution is -0.385. The van der Waals surface area contributed by atoms with Crippen LogP contribution in [0.25, 0.3) is 0 Å². The standard InChI is InChI=1S/C15H16N2O2.ClH/c1-16(14-8-3-2-4-9-14)12-11-13-7-5-6-10-15(13)17(18)19;/h2-10H,11-12H2,1H3;1H. The van der Waals surface area contributed by atoms with Crippen LogP contribution in [-0.2, 0) is 6.42 Å². The maximum atomic E-state index is 10.9. The Kier molecular flexibility index (Phi) is 6.00. The summed E-state index contributed by atoms with van der Waals surface area (Å²) in [7, 11) is 1.99. The molecule has 5 heteroatoms. The van der Waals surface area contributed by atoms with Gasteiger partial charge in [-0.25, -0.2) is 0 Å². The first kappa shape index (κ1) is 16.0. The second-order valence-electron chi connectivity index (χ2n) is 4.39. The van der Waals surface area contributed by atoms with E-state index in [0.29, 0.717) is 6.42 Å². The van der Waals surface area contributed by atoms with Gasteiger partial charge in [0.1, 0.15) is 0 Å². The molecule has 0 radical (unpaired) electrons. The van der Waals surface area contributed by atoms with Crippen molar-refractivity contribution in [3.8, 4) is 0 Å². The highest BCUT2D eigenvalue weighted by Crippen LogP contribution is 2.19. The summed E-state index contributed by atoms with van der Waals surface area (Å²) in [4.78, 5) is 12.7. The first-order chi connectivity index (χ1) is 9.18. The fourth-order valence-electron chi connectivity index (χ4n) is 2.00. The van der Waals surface area contributed by atoms with Crippen LogP contribution in [0.5, 0.6) is 0 Å². The summed E-state index contributed by atoms with van der Waals surface area (Å²) in [5, 5.41) is 10.9. The van der Waals surface area contributed by atoms with E-state index in [1.54, 1.807) is 12.1 Å². The van der Waals surface area contributed by atoms with Crippen LogP contribution in [0.15, 0.2) is 54.6 Å². The minimum Gasteiger partial charge on any atom is -0.374 e. The van der Waals surface area contributed by atoms with Gasteiger partial charge in [-0.15, -0.1) is 12.4 Å². The van der Waals surface area contributed by atoms with Gasteiger partial charge in [-0.1, -0.05) is 36.4 Å². The number of benzene rings is 2. The normalized spacial score (nSPS) is 9.65. The van der Waals surface area contributed by atoms with Gasteiger partial charge in [-0.05, 0) is 18.6 Å². The Morgan fingerprint density at radius 1 is 1.05 bits per heavy atom. The van der Waals surface area contributed by atoms with Crippen LogP contribution >= 0.6 is 12.4 Å². The molecule has 0 fully saturated rings. The van der Waals surface area contributed by atoms with E-state index >= 15 is 0 Å². The van der Waals surface area contributed by atoms with Crippen molar-refractivity contribution in [2.24, 2.45) is 0 Å². The minimum atomic E-state index is -0.322. The topological polar surface area (TPSA) is 46.4 Å². The van der Waals surface area contributed by atoms with Crippen molar-refractivity contribution >= 4 is 23.8 Å². The maximum absolute atomic E-state index is 10.9. The molecule has 20 heavy (non-hydrogen) atoms. The Labute approximate surface area is 124 Å². The summed E-state index contributed by atoms with van der Waals surface area (Å²) >= 11 is 0. The Morgan fingerprint density at radius 3 is 2.30 bits per heavy atom. The molecule has 2 aromatic carbocycles. The summed E-state index contributed by atoms with van der Waals surface area (Å²) in [6.45, 7) is 0.745. The Morgan fingerprint density at radius 2 is 1.65 bits per heavy atom. The van der Waals surface area contributed by atoms with Gasteiger partial charge >= 0.3 is 0 Å². The van der Waals surface area contributed by atoms with E-state index in [9.17, 15) is 10.1 Å². The number of nitro groups is 1. The van der Waals surface area contributed by atoms with E-state index in [1.807, 2.05) is 49.5 Å². The quantitative estimate of drug-likeness (QED) is 0.623. The lowest BCUT2D eigenvalue weighted by Gasteiger charge is -2.19. The largest absolute Gasteiger partial charge is 0.374 e. The molecular formula is C15H17ClN2O2. The average Bonchev–Trinajstić information content (AvgIpc) is 2.46. The summed E-state index contributed by atoms with van der Waals surface area (Å²) in [6.07, 6.45) is 0.655. The Hall–Kier alpha value is -2.07. The molecule has 2 rings (SSSR count). The average molecular weight is 293 g/mol. The molecule has 0 aliphatic heterocycles. The number of hydrogen-bond acceptors (Lipinski definition) is 3. The van der Waals surface area contributed by atoms with Gasteiger partial charge in [-0.2, -0.15) is 0 Å². The lowest BCUT2D eigenvalue weighted by atomic mass is 10.1. The van der Waals surface area contributed by atoms with Gasteiger partial charge in [0, 0.05) is 30.9 Å². The van der Waals surface area contributed by atoms with Crippen molar-refractivity contribution < 1.29 is 4.92 Å². The first-order valence-corrected chi connectivity index (χ1v) is 6.17. The van der Waals surface area contributed by atoms with E-state index in [-0.39, 0.29) is 23.0 Å². The lowest BCUT2D eigenvalue weighted by Crippen LogP contribution is -2.20. The van der Waals surface area contributed by atoms with Gasteiger partial charge in [0.05, 0.1) is 4.92 Å². The second kappa shape index (κ2) is 7.50. The number of para-hydroxylation sites is 2. The highest BCUT2D eigenvalue weighted by atomic mass is 35.5. The van der Waals surface area contributed by atoms with Crippen molar-refractivity contribution in [1.29, 1.82) is 0 Å². The monoisotopic (exact) mass is 292 g/mol. The molecule has 0 aliphatic carbocycles. The molecule has 0 amide bonds. The van der Waals surface area contributed by atoms with E-state index in [2.05, 4.69) is 4.90 Å². The molecule has 0 aromatic heterocycles. The predicted octanol–water partition coefficient (Wildman–Crippen LogP) is 3.70. The molecule has 0 spiro atoms. The zero-order valence-corrected chi connectivity index (χ0v) is 12.0. The first-order valence-electron chi connectivity index (χ1n) is 6.17. The van der Waals surface area contributed by atoms with E-state index in [4.69, 9.17) is 0 Å². The van der Waals surface area contributed by atoms with Gasteiger partial charge in [-0.3, -0.25) is 10.1 Å². The van der Waals surface area contributed by atoms with Crippen LogP contribution in [0.2, 0.25) is 0 Å². The van der Waals surface area contributed by atoms with Crippen LogP contribution in [0.1, 0.15) is 5.56 Å². The van der Waals surface area contributed by atoms with Crippen LogP contribution in [0.4, 0.5) is 11.4 Å². The highest BCUT2D eigenvalue weighted by Gasteiger charge is 2.12. The smallest absolute Gasteiger partial charge is 0.272 e. The molecule has 0 atom stereocenters. The zero-order valence-electron chi connectivity index (χ0n) is 11.2. The Balaban J connectivity index is 0.00000200. The van der Waals surface area contributed by atoms with E-state index < -0.39 is 0 Å². The summed E-state index contributed by atoms with van der Waals surface area (Å²) in [5.41, 5.74) is 2.08.